The minimum absolute atomic E-state index is 0.0749. The molecule has 0 spiro atoms. The van der Waals surface area contributed by atoms with Crippen LogP contribution in [0.15, 0.2) is 59.8 Å². The van der Waals surface area contributed by atoms with Crippen LogP contribution in [0.25, 0.3) is 22.2 Å². The van der Waals surface area contributed by atoms with Gasteiger partial charge in [0.15, 0.2) is 9.84 Å². The number of aromatic amines is 1. The smallest absolute Gasteiger partial charge is 0.416 e. The molecule has 0 unspecified atom stereocenters. The molecule has 3 heterocycles. The molecule has 1 N–H and O–H groups in total. The van der Waals surface area contributed by atoms with Crippen LogP contribution in [0.1, 0.15) is 11.3 Å². The van der Waals surface area contributed by atoms with E-state index < -0.39 is 45.1 Å². The zero-order valence-electron chi connectivity index (χ0n) is 19.5. The minimum atomic E-state index is -4.62. The van der Waals surface area contributed by atoms with Gasteiger partial charge in [0.05, 0.1) is 22.0 Å². The highest BCUT2D eigenvalue weighted by atomic mass is 32.2. The topological polar surface area (TPSA) is 85.2 Å². The van der Waals surface area contributed by atoms with Crippen molar-refractivity contribution in [3.05, 3.63) is 66.1 Å². The molecule has 4 rings (SSSR count). The number of hydrogen-bond donors (Lipinski definition) is 1. The third-order valence-electron chi connectivity index (χ3n) is 5.68. The van der Waals surface area contributed by atoms with Crippen LogP contribution in [0, 0.1) is 6.92 Å². The summed E-state index contributed by atoms with van der Waals surface area (Å²) in [5.74, 6) is -0.415. The zero-order chi connectivity index (χ0) is 27.0. The van der Waals surface area contributed by atoms with Crippen LogP contribution in [-0.4, -0.2) is 44.1 Å². The van der Waals surface area contributed by atoms with E-state index in [-0.39, 0.29) is 17.2 Å². The molecule has 3 aromatic heterocycles. The summed E-state index contributed by atoms with van der Waals surface area (Å²) in [4.78, 5) is 11.9. The summed E-state index contributed by atoms with van der Waals surface area (Å²) < 4.78 is 99.1. The summed E-state index contributed by atoms with van der Waals surface area (Å²) >= 11 is 0. The number of pyridine rings is 2. The first-order valence-electron chi connectivity index (χ1n) is 10.8. The molecule has 0 bridgehead atoms. The van der Waals surface area contributed by atoms with Crippen molar-refractivity contribution in [3.8, 4) is 22.8 Å². The first-order valence-corrected chi connectivity index (χ1v) is 12.3. The van der Waals surface area contributed by atoms with Crippen molar-refractivity contribution in [3.63, 3.8) is 0 Å². The third kappa shape index (κ3) is 4.95. The van der Waals surface area contributed by atoms with Gasteiger partial charge in [-0.1, -0.05) is 6.07 Å². The molecule has 1 aromatic carbocycles. The summed E-state index contributed by atoms with van der Waals surface area (Å²) in [7, 11) is -3.02. The molecule has 0 radical (unpaired) electrons. The molecule has 0 atom stereocenters. The predicted molar refractivity (Wildman–Crippen MR) is 123 cm³/mol. The van der Waals surface area contributed by atoms with Crippen LogP contribution >= 0.6 is 0 Å². The highest BCUT2D eigenvalue weighted by Gasteiger charge is 2.32. The Labute approximate surface area is 208 Å². The second-order valence-electron chi connectivity index (χ2n) is 8.04. The van der Waals surface area contributed by atoms with Gasteiger partial charge in [-0.3, -0.25) is 0 Å². The van der Waals surface area contributed by atoms with E-state index in [1.54, 1.807) is 25.3 Å². The lowest BCUT2D eigenvalue weighted by molar-refractivity contribution is -0.870. The standard InChI is InChI=1S/C24H20F5N3O4S/c1-14-8-20(19-6-7-30-22(19)32(14)35-2)21-10-17(37(33,34)18(11-25)12-26)13-31-23(21)36-16-5-3-4-15(9-16)24(27,28)29/h3-10,13,18H,11-12H2,1-2H3/p+1. The van der Waals surface area contributed by atoms with E-state index in [4.69, 9.17) is 9.57 Å². The maximum Gasteiger partial charge on any atom is 0.416 e. The summed E-state index contributed by atoms with van der Waals surface area (Å²) in [5.41, 5.74) is 0.568. The number of alkyl halides is 5. The Morgan fingerprint density at radius 1 is 1.08 bits per heavy atom. The molecule has 0 fully saturated rings. The largest absolute Gasteiger partial charge is 0.438 e. The SMILES string of the molecule is CO[n+]1c(C)cc(-c2cc(S(=O)(=O)C(CF)CF)cnc2Oc2cccc(C(F)(F)F)c2)c2cc[nH]c21. The summed E-state index contributed by atoms with van der Waals surface area (Å²) in [6.07, 6.45) is -2.16. The Bertz CT molecular complexity index is 1550. The number of benzene rings is 1. The van der Waals surface area contributed by atoms with Crippen LogP contribution in [0.5, 0.6) is 11.6 Å². The van der Waals surface area contributed by atoms with E-state index >= 15 is 0 Å². The molecule has 196 valence electrons. The normalized spacial score (nSPS) is 12.3. The average Bonchev–Trinajstić information content (AvgIpc) is 3.34. The monoisotopic (exact) mass is 542 g/mol. The molecule has 7 nitrogen and oxygen atoms in total. The molecule has 37 heavy (non-hydrogen) atoms. The summed E-state index contributed by atoms with van der Waals surface area (Å²) in [5, 5.41) is -1.40. The van der Waals surface area contributed by atoms with Crippen LogP contribution < -0.4 is 14.3 Å². The van der Waals surface area contributed by atoms with Crippen molar-refractivity contribution in [1.82, 2.24) is 9.97 Å². The van der Waals surface area contributed by atoms with Gasteiger partial charge < -0.3 is 9.57 Å². The number of aromatic nitrogens is 3. The van der Waals surface area contributed by atoms with Crippen LogP contribution in [-0.2, 0) is 16.0 Å². The first-order chi connectivity index (χ1) is 17.5. The van der Waals surface area contributed by atoms with E-state index in [1.807, 2.05) is 0 Å². The van der Waals surface area contributed by atoms with Crippen molar-refractivity contribution < 1.29 is 44.7 Å². The van der Waals surface area contributed by atoms with Crippen molar-refractivity contribution in [2.24, 2.45) is 0 Å². The highest BCUT2D eigenvalue weighted by Crippen LogP contribution is 2.39. The molecule has 13 heteroatoms. The van der Waals surface area contributed by atoms with E-state index in [0.717, 1.165) is 30.5 Å². The van der Waals surface area contributed by atoms with Crippen molar-refractivity contribution in [2.75, 3.05) is 20.5 Å². The van der Waals surface area contributed by atoms with E-state index in [9.17, 15) is 30.4 Å². The molecule has 0 saturated carbocycles. The number of rotatable bonds is 8. The van der Waals surface area contributed by atoms with Crippen molar-refractivity contribution >= 4 is 20.9 Å². The number of halogens is 5. The Kier molecular flexibility index (Phi) is 7.09. The molecule has 0 saturated heterocycles. The number of nitrogens with one attached hydrogen (secondary N) is 1. The molecular weight excluding hydrogens is 521 g/mol. The predicted octanol–water partition coefficient (Wildman–Crippen LogP) is 4.78. The fourth-order valence-electron chi connectivity index (χ4n) is 3.84. The Morgan fingerprint density at radius 3 is 2.46 bits per heavy atom. The second kappa shape index (κ2) is 9.96. The fourth-order valence-corrected chi connectivity index (χ4v) is 5.03. The van der Waals surface area contributed by atoms with Gasteiger partial charge in [0, 0.05) is 24.2 Å². The Hall–Kier alpha value is -3.74. The van der Waals surface area contributed by atoms with E-state index in [0.29, 0.717) is 22.3 Å². The lowest BCUT2D eigenvalue weighted by atomic mass is 10.0. The number of ether oxygens (including phenoxy) is 1. The molecular formula is C24H21F5N3O4S+. The number of hydrogen-bond acceptors (Lipinski definition) is 5. The highest BCUT2D eigenvalue weighted by molar-refractivity contribution is 7.92. The first kappa shape index (κ1) is 26.3. The fraction of sp³-hybridized carbons (Fsp3) is 0.250. The molecule has 0 aliphatic carbocycles. The number of sulfone groups is 1. The van der Waals surface area contributed by atoms with E-state index in [1.165, 1.54) is 17.9 Å². The van der Waals surface area contributed by atoms with Crippen LogP contribution in [0.4, 0.5) is 22.0 Å². The maximum absolute atomic E-state index is 13.3. The van der Waals surface area contributed by atoms with Crippen LogP contribution in [0.2, 0.25) is 0 Å². The van der Waals surface area contributed by atoms with Crippen molar-refractivity contribution in [2.45, 2.75) is 23.2 Å². The summed E-state index contributed by atoms with van der Waals surface area (Å²) in [6, 6.07) is 8.53. The van der Waals surface area contributed by atoms with Gasteiger partial charge in [-0.05, 0) is 41.1 Å². The molecule has 0 aliphatic rings. The number of fused-ring (bicyclic) bond motifs is 1. The Morgan fingerprint density at radius 2 is 1.81 bits per heavy atom. The van der Waals surface area contributed by atoms with Crippen LogP contribution in [0.3, 0.4) is 0 Å². The quantitative estimate of drug-likeness (QED) is 0.256. The van der Waals surface area contributed by atoms with Gasteiger partial charge in [0.2, 0.25) is 5.88 Å². The van der Waals surface area contributed by atoms with Crippen molar-refractivity contribution in [1.29, 1.82) is 0 Å². The third-order valence-corrected chi connectivity index (χ3v) is 7.69. The van der Waals surface area contributed by atoms with Gasteiger partial charge in [0.25, 0.3) is 0 Å². The maximum atomic E-state index is 13.3. The molecule has 4 aromatic rings. The van der Waals surface area contributed by atoms with E-state index in [2.05, 4.69) is 9.97 Å². The number of nitrogens with zero attached hydrogens (tertiary/aromatic N) is 2. The van der Waals surface area contributed by atoms with Gasteiger partial charge in [0.1, 0.15) is 37.2 Å². The van der Waals surface area contributed by atoms with Gasteiger partial charge in [-0.2, -0.15) is 13.2 Å². The molecule has 0 amide bonds. The van der Waals surface area contributed by atoms with Gasteiger partial charge in [-0.25, -0.2) is 27.2 Å². The lowest BCUT2D eigenvalue weighted by Gasteiger charge is -2.16. The van der Waals surface area contributed by atoms with Gasteiger partial charge >= 0.3 is 11.8 Å². The molecule has 0 aliphatic heterocycles. The minimum Gasteiger partial charge on any atom is -0.438 e. The zero-order valence-corrected chi connectivity index (χ0v) is 20.3. The second-order valence-corrected chi connectivity index (χ2v) is 10.3. The number of aryl methyl sites for hydroxylation is 1. The lowest BCUT2D eigenvalue weighted by Crippen LogP contribution is -2.44. The van der Waals surface area contributed by atoms with Gasteiger partial charge in [-0.15, -0.1) is 0 Å². The Balaban J connectivity index is 1.95. The summed E-state index contributed by atoms with van der Waals surface area (Å²) in [6.45, 7) is -1.19. The number of H-pyrrole nitrogens is 1. The average molecular weight is 543 g/mol.